The van der Waals surface area contributed by atoms with Crippen molar-refractivity contribution in [2.45, 2.75) is 13.8 Å². The zero-order valence-corrected chi connectivity index (χ0v) is 8.90. The standard InChI is InChI=1S/C13H13NO/c1-10(13-9-11(2)14-15-13)8-12-6-4-3-5-7-12/h3-9H,1-2H3/b10-8+. The molecule has 1 aromatic carbocycles. The third-order valence-electron chi connectivity index (χ3n) is 2.20. The highest BCUT2D eigenvalue weighted by Gasteiger charge is 2.02. The van der Waals surface area contributed by atoms with Crippen LogP contribution in [0.1, 0.15) is 23.9 Å². The Morgan fingerprint density at radius 2 is 2.00 bits per heavy atom. The van der Waals surface area contributed by atoms with E-state index in [0.717, 1.165) is 17.0 Å². The second-order valence-corrected chi connectivity index (χ2v) is 3.57. The van der Waals surface area contributed by atoms with Gasteiger partial charge in [0.15, 0.2) is 5.76 Å². The van der Waals surface area contributed by atoms with Crippen molar-refractivity contribution in [3.8, 4) is 0 Å². The smallest absolute Gasteiger partial charge is 0.162 e. The second-order valence-electron chi connectivity index (χ2n) is 3.57. The number of hydrogen-bond acceptors (Lipinski definition) is 2. The molecule has 0 bridgehead atoms. The minimum absolute atomic E-state index is 0.830. The Morgan fingerprint density at radius 1 is 1.27 bits per heavy atom. The first-order chi connectivity index (χ1) is 7.25. The van der Waals surface area contributed by atoms with E-state index in [1.54, 1.807) is 0 Å². The maximum Gasteiger partial charge on any atom is 0.162 e. The predicted octanol–water partition coefficient (Wildman–Crippen LogP) is 3.54. The summed E-state index contributed by atoms with van der Waals surface area (Å²) in [5.41, 5.74) is 3.16. The van der Waals surface area contributed by atoms with Crippen LogP contribution in [-0.2, 0) is 0 Å². The van der Waals surface area contributed by atoms with Crippen molar-refractivity contribution in [2.24, 2.45) is 0 Å². The van der Waals surface area contributed by atoms with E-state index in [1.165, 1.54) is 5.56 Å². The van der Waals surface area contributed by atoms with Crippen molar-refractivity contribution in [1.29, 1.82) is 0 Å². The van der Waals surface area contributed by atoms with Crippen molar-refractivity contribution in [3.63, 3.8) is 0 Å². The van der Waals surface area contributed by atoms with E-state index in [-0.39, 0.29) is 0 Å². The summed E-state index contributed by atoms with van der Waals surface area (Å²) in [7, 11) is 0. The van der Waals surface area contributed by atoms with Gasteiger partial charge in [-0.05, 0) is 31.1 Å². The SMILES string of the molecule is C/C(=C\c1ccccc1)c1cc(C)no1. The Bertz CT molecular complexity index is 468. The van der Waals surface area contributed by atoms with E-state index >= 15 is 0 Å². The molecule has 15 heavy (non-hydrogen) atoms. The van der Waals surface area contributed by atoms with Gasteiger partial charge in [-0.1, -0.05) is 35.5 Å². The van der Waals surface area contributed by atoms with Crippen molar-refractivity contribution in [2.75, 3.05) is 0 Å². The van der Waals surface area contributed by atoms with E-state index in [2.05, 4.69) is 23.4 Å². The Balaban J connectivity index is 2.28. The highest BCUT2D eigenvalue weighted by Crippen LogP contribution is 2.17. The summed E-state index contributed by atoms with van der Waals surface area (Å²) in [5, 5.41) is 3.86. The van der Waals surface area contributed by atoms with Gasteiger partial charge in [0.2, 0.25) is 0 Å². The fourth-order valence-corrected chi connectivity index (χ4v) is 1.42. The molecule has 0 aliphatic heterocycles. The van der Waals surface area contributed by atoms with E-state index in [1.807, 2.05) is 38.1 Å². The summed E-state index contributed by atoms with van der Waals surface area (Å²) in [6, 6.07) is 12.1. The van der Waals surface area contributed by atoms with Gasteiger partial charge in [0.05, 0.1) is 5.69 Å². The lowest BCUT2D eigenvalue weighted by molar-refractivity contribution is 0.406. The van der Waals surface area contributed by atoms with Gasteiger partial charge in [-0.2, -0.15) is 0 Å². The van der Waals surface area contributed by atoms with Gasteiger partial charge in [0, 0.05) is 6.07 Å². The first-order valence-electron chi connectivity index (χ1n) is 4.93. The van der Waals surface area contributed by atoms with Crippen LogP contribution in [0.4, 0.5) is 0 Å². The molecule has 0 radical (unpaired) electrons. The third kappa shape index (κ3) is 2.34. The number of allylic oxidation sites excluding steroid dienone is 1. The molecule has 0 fully saturated rings. The van der Waals surface area contributed by atoms with Crippen LogP contribution in [0.3, 0.4) is 0 Å². The van der Waals surface area contributed by atoms with Crippen LogP contribution in [0.15, 0.2) is 40.9 Å². The molecule has 2 rings (SSSR count). The lowest BCUT2D eigenvalue weighted by Gasteiger charge is -1.95. The van der Waals surface area contributed by atoms with Crippen LogP contribution in [0.2, 0.25) is 0 Å². The lowest BCUT2D eigenvalue weighted by Crippen LogP contribution is -1.75. The molecule has 0 atom stereocenters. The monoisotopic (exact) mass is 199 g/mol. The number of hydrogen-bond donors (Lipinski definition) is 0. The molecule has 0 spiro atoms. The van der Waals surface area contributed by atoms with E-state index in [4.69, 9.17) is 4.52 Å². The number of rotatable bonds is 2. The van der Waals surface area contributed by atoms with Crippen LogP contribution < -0.4 is 0 Å². The average Bonchev–Trinajstić information content (AvgIpc) is 2.66. The quantitative estimate of drug-likeness (QED) is 0.739. The summed E-state index contributed by atoms with van der Waals surface area (Å²) in [4.78, 5) is 0. The minimum atomic E-state index is 0.830. The highest BCUT2D eigenvalue weighted by molar-refractivity contribution is 5.77. The first kappa shape index (κ1) is 9.71. The van der Waals surface area contributed by atoms with Crippen molar-refractivity contribution in [3.05, 3.63) is 53.4 Å². The summed E-state index contributed by atoms with van der Waals surface area (Å²) in [5.74, 6) is 0.830. The number of nitrogens with zero attached hydrogens (tertiary/aromatic N) is 1. The molecule has 1 aromatic heterocycles. The van der Waals surface area contributed by atoms with Crippen LogP contribution in [-0.4, -0.2) is 5.16 Å². The third-order valence-corrected chi connectivity index (χ3v) is 2.20. The molecular formula is C13H13NO. The Hall–Kier alpha value is -1.83. The van der Waals surface area contributed by atoms with Crippen LogP contribution in [0.25, 0.3) is 11.6 Å². The van der Waals surface area contributed by atoms with E-state index < -0.39 is 0 Å². The molecule has 0 aliphatic carbocycles. The van der Waals surface area contributed by atoms with E-state index in [9.17, 15) is 0 Å². The molecule has 2 nitrogen and oxygen atoms in total. The van der Waals surface area contributed by atoms with Crippen molar-refractivity contribution < 1.29 is 4.52 Å². The molecule has 2 aromatic rings. The predicted molar refractivity (Wildman–Crippen MR) is 61.2 cm³/mol. The summed E-state index contributed by atoms with van der Waals surface area (Å²) >= 11 is 0. The molecule has 0 amide bonds. The normalized spacial score (nSPS) is 11.7. The second kappa shape index (κ2) is 4.13. The van der Waals surface area contributed by atoms with Gasteiger partial charge in [0.1, 0.15) is 0 Å². The fourth-order valence-electron chi connectivity index (χ4n) is 1.42. The Morgan fingerprint density at radius 3 is 2.60 bits per heavy atom. The Kier molecular flexibility index (Phi) is 2.68. The van der Waals surface area contributed by atoms with Crippen LogP contribution in [0.5, 0.6) is 0 Å². The van der Waals surface area contributed by atoms with Gasteiger partial charge in [-0.25, -0.2) is 0 Å². The van der Waals surface area contributed by atoms with Gasteiger partial charge >= 0.3 is 0 Å². The summed E-state index contributed by atoms with van der Waals surface area (Å²) in [6.07, 6.45) is 2.08. The molecule has 0 saturated carbocycles. The number of aryl methyl sites for hydroxylation is 1. The molecule has 1 heterocycles. The zero-order valence-electron chi connectivity index (χ0n) is 8.90. The fraction of sp³-hybridized carbons (Fsp3) is 0.154. The number of benzene rings is 1. The summed E-state index contributed by atoms with van der Waals surface area (Å²) < 4.78 is 5.18. The molecule has 0 N–H and O–H groups in total. The van der Waals surface area contributed by atoms with Crippen molar-refractivity contribution >= 4 is 11.6 Å². The largest absolute Gasteiger partial charge is 0.356 e. The van der Waals surface area contributed by atoms with Gasteiger partial charge in [-0.15, -0.1) is 0 Å². The molecule has 2 heteroatoms. The van der Waals surface area contributed by atoms with Crippen LogP contribution >= 0.6 is 0 Å². The molecular weight excluding hydrogens is 186 g/mol. The minimum Gasteiger partial charge on any atom is -0.356 e. The van der Waals surface area contributed by atoms with Gasteiger partial charge in [-0.3, -0.25) is 0 Å². The maximum atomic E-state index is 5.18. The molecule has 0 aliphatic rings. The first-order valence-corrected chi connectivity index (χ1v) is 4.93. The zero-order chi connectivity index (χ0) is 10.7. The van der Waals surface area contributed by atoms with Crippen molar-refractivity contribution in [1.82, 2.24) is 5.16 Å². The highest BCUT2D eigenvalue weighted by atomic mass is 16.5. The Labute approximate surface area is 89.2 Å². The maximum absolute atomic E-state index is 5.18. The lowest BCUT2D eigenvalue weighted by atomic mass is 10.1. The molecule has 0 unspecified atom stereocenters. The summed E-state index contributed by atoms with van der Waals surface area (Å²) in [6.45, 7) is 3.94. The average molecular weight is 199 g/mol. The van der Waals surface area contributed by atoms with E-state index in [0.29, 0.717) is 0 Å². The molecule has 0 saturated heterocycles. The molecule has 76 valence electrons. The number of aromatic nitrogens is 1. The van der Waals surface area contributed by atoms with Gasteiger partial charge in [0.25, 0.3) is 0 Å². The topological polar surface area (TPSA) is 26.0 Å². The van der Waals surface area contributed by atoms with Crippen LogP contribution in [0, 0.1) is 6.92 Å². The van der Waals surface area contributed by atoms with Gasteiger partial charge < -0.3 is 4.52 Å².